The second-order valence-electron chi connectivity index (χ2n) is 4.58. The zero-order chi connectivity index (χ0) is 14.1. The summed E-state index contributed by atoms with van der Waals surface area (Å²) < 4.78 is 15.1. The average Bonchev–Trinajstić information content (AvgIpc) is 2.84. The zero-order valence-corrected chi connectivity index (χ0v) is 10.6. The van der Waals surface area contributed by atoms with Crippen molar-refractivity contribution in [1.29, 1.82) is 0 Å². The summed E-state index contributed by atoms with van der Waals surface area (Å²) in [5.74, 6) is -0.493. The molecule has 0 fully saturated rings. The summed E-state index contributed by atoms with van der Waals surface area (Å²) in [6, 6.07) is 11.6. The SMILES string of the molecule is OB(O)c1cc(F)ccc1Cn1cnc2ccccc21. The van der Waals surface area contributed by atoms with Gasteiger partial charge in [-0.25, -0.2) is 9.37 Å². The van der Waals surface area contributed by atoms with Gasteiger partial charge in [0.2, 0.25) is 0 Å². The monoisotopic (exact) mass is 270 g/mol. The van der Waals surface area contributed by atoms with Crippen LogP contribution in [0.25, 0.3) is 11.0 Å². The van der Waals surface area contributed by atoms with E-state index in [4.69, 9.17) is 0 Å². The molecule has 2 N–H and O–H groups in total. The fourth-order valence-electron chi connectivity index (χ4n) is 2.27. The highest BCUT2D eigenvalue weighted by Crippen LogP contribution is 2.14. The largest absolute Gasteiger partial charge is 0.488 e. The molecular weight excluding hydrogens is 258 g/mol. The predicted octanol–water partition coefficient (Wildman–Crippen LogP) is 0.903. The molecule has 2 aromatic carbocycles. The van der Waals surface area contributed by atoms with Crippen molar-refractivity contribution < 1.29 is 14.4 Å². The first kappa shape index (κ1) is 12.8. The quantitative estimate of drug-likeness (QED) is 0.695. The number of hydrogen-bond acceptors (Lipinski definition) is 3. The zero-order valence-electron chi connectivity index (χ0n) is 10.6. The summed E-state index contributed by atoms with van der Waals surface area (Å²) in [6.45, 7) is 0.397. The molecule has 0 aliphatic rings. The minimum absolute atomic E-state index is 0.169. The lowest BCUT2D eigenvalue weighted by atomic mass is 9.77. The van der Waals surface area contributed by atoms with E-state index in [9.17, 15) is 14.4 Å². The van der Waals surface area contributed by atoms with Gasteiger partial charge in [-0.3, -0.25) is 0 Å². The minimum atomic E-state index is -1.70. The smallest absolute Gasteiger partial charge is 0.423 e. The first-order valence-corrected chi connectivity index (χ1v) is 6.19. The van der Waals surface area contributed by atoms with E-state index >= 15 is 0 Å². The molecule has 0 saturated carbocycles. The molecule has 1 aromatic heterocycles. The summed E-state index contributed by atoms with van der Waals surface area (Å²) in [4.78, 5) is 4.27. The molecule has 1 heterocycles. The Morgan fingerprint density at radius 3 is 2.75 bits per heavy atom. The number of nitrogens with zero attached hydrogens (tertiary/aromatic N) is 2. The Balaban J connectivity index is 2.03. The van der Waals surface area contributed by atoms with Crippen molar-refractivity contribution >= 4 is 23.6 Å². The van der Waals surface area contributed by atoms with E-state index < -0.39 is 12.9 Å². The minimum Gasteiger partial charge on any atom is -0.423 e. The van der Waals surface area contributed by atoms with Crippen molar-refractivity contribution in [3.63, 3.8) is 0 Å². The Bertz CT molecular complexity index is 758. The highest BCUT2D eigenvalue weighted by molar-refractivity contribution is 6.59. The van der Waals surface area contributed by atoms with Crippen LogP contribution in [0.15, 0.2) is 48.8 Å². The van der Waals surface area contributed by atoms with Gasteiger partial charge in [-0.1, -0.05) is 18.2 Å². The van der Waals surface area contributed by atoms with Crippen LogP contribution in [-0.4, -0.2) is 26.7 Å². The second-order valence-corrected chi connectivity index (χ2v) is 4.58. The predicted molar refractivity (Wildman–Crippen MR) is 75.1 cm³/mol. The summed E-state index contributed by atoms with van der Waals surface area (Å²) >= 11 is 0. The van der Waals surface area contributed by atoms with E-state index in [0.717, 1.165) is 17.1 Å². The molecule has 6 heteroatoms. The van der Waals surface area contributed by atoms with E-state index in [1.54, 1.807) is 12.4 Å². The molecule has 3 rings (SSSR count). The maximum Gasteiger partial charge on any atom is 0.488 e. The fourth-order valence-corrected chi connectivity index (χ4v) is 2.27. The van der Waals surface area contributed by atoms with Crippen LogP contribution in [0, 0.1) is 5.82 Å². The molecule has 0 spiro atoms. The van der Waals surface area contributed by atoms with E-state index in [0.29, 0.717) is 12.1 Å². The van der Waals surface area contributed by atoms with Crippen LogP contribution in [0.4, 0.5) is 4.39 Å². The fraction of sp³-hybridized carbons (Fsp3) is 0.0714. The third-order valence-corrected chi connectivity index (χ3v) is 3.25. The van der Waals surface area contributed by atoms with Crippen molar-refractivity contribution in [2.24, 2.45) is 0 Å². The molecule has 3 aromatic rings. The summed E-state index contributed by atoms with van der Waals surface area (Å²) in [5, 5.41) is 18.7. The highest BCUT2D eigenvalue weighted by Gasteiger charge is 2.17. The van der Waals surface area contributed by atoms with E-state index in [2.05, 4.69) is 4.98 Å². The lowest BCUT2D eigenvalue weighted by Crippen LogP contribution is -2.34. The van der Waals surface area contributed by atoms with Gasteiger partial charge in [0.15, 0.2) is 0 Å². The van der Waals surface area contributed by atoms with Gasteiger partial charge in [0, 0.05) is 6.54 Å². The molecular formula is C14H12BFN2O2. The van der Waals surface area contributed by atoms with Gasteiger partial charge in [-0.15, -0.1) is 0 Å². The standard InChI is InChI=1S/C14H12BFN2O2/c16-11-6-5-10(12(7-11)15(19)20)8-18-9-17-13-3-1-2-4-14(13)18/h1-7,9,19-20H,8H2. The second kappa shape index (κ2) is 5.07. The third kappa shape index (κ3) is 2.31. The number of benzene rings is 2. The van der Waals surface area contributed by atoms with Gasteiger partial charge in [0.1, 0.15) is 5.82 Å². The Kier molecular flexibility index (Phi) is 3.26. The number of imidazole rings is 1. The summed E-state index contributed by atoms with van der Waals surface area (Å²) in [5.41, 5.74) is 2.61. The molecule has 0 amide bonds. The number of fused-ring (bicyclic) bond motifs is 1. The Morgan fingerprint density at radius 2 is 1.95 bits per heavy atom. The van der Waals surface area contributed by atoms with Gasteiger partial charge in [-0.05, 0) is 35.3 Å². The van der Waals surface area contributed by atoms with Gasteiger partial charge in [0.05, 0.1) is 17.4 Å². The van der Waals surface area contributed by atoms with Gasteiger partial charge < -0.3 is 14.6 Å². The first-order valence-electron chi connectivity index (χ1n) is 6.19. The number of rotatable bonds is 3. The molecule has 0 radical (unpaired) electrons. The van der Waals surface area contributed by atoms with Crippen LogP contribution < -0.4 is 5.46 Å². The molecule has 100 valence electrons. The van der Waals surface area contributed by atoms with Crippen LogP contribution in [0.3, 0.4) is 0 Å². The lowest BCUT2D eigenvalue weighted by Gasteiger charge is -2.10. The van der Waals surface area contributed by atoms with Crippen LogP contribution in [0.1, 0.15) is 5.56 Å². The van der Waals surface area contributed by atoms with E-state index in [1.807, 2.05) is 28.8 Å². The molecule has 4 nitrogen and oxygen atoms in total. The molecule has 0 bridgehead atoms. The third-order valence-electron chi connectivity index (χ3n) is 3.25. The highest BCUT2D eigenvalue weighted by atomic mass is 19.1. The number of aromatic nitrogens is 2. The van der Waals surface area contributed by atoms with Crippen molar-refractivity contribution in [2.45, 2.75) is 6.54 Å². The number of para-hydroxylation sites is 2. The maximum absolute atomic E-state index is 13.2. The van der Waals surface area contributed by atoms with Crippen molar-refractivity contribution in [3.05, 3.63) is 60.2 Å². The van der Waals surface area contributed by atoms with Crippen LogP contribution >= 0.6 is 0 Å². The van der Waals surface area contributed by atoms with Crippen molar-refractivity contribution in [1.82, 2.24) is 9.55 Å². The molecule has 0 saturated heterocycles. The first-order chi connectivity index (χ1) is 9.65. The topological polar surface area (TPSA) is 58.3 Å². The van der Waals surface area contributed by atoms with Crippen LogP contribution in [0.5, 0.6) is 0 Å². The Labute approximate surface area is 115 Å². The lowest BCUT2D eigenvalue weighted by molar-refractivity contribution is 0.425. The van der Waals surface area contributed by atoms with E-state index in [-0.39, 0.29) is 5.46 Å². The van der Waals surface area contributed by atoms with Gasteiger partial charge in [0.25, 0.3) is 0 Å². The van der Waals surface area contributed by atoms with Crippen LogP contribution in [-0.2, 0) is 6.54 Å². The molecule has 0 unspecified atom stereocenters. The summed E-state index contributed by atoms with van der Waals surface area (Å²) in [7, 11) is -1.70. The average molecular weight is 270 g/mol. The normalized spacial score (nSPS) is 10.9. The van der Waals surface area contributed by atoms with E-state index in [1.165, 1.54) is 6.07 Å². The van der Waals surface area contributed by atoms with Gasteiger partial charge >= 0.3 is 7.12 Å². The molecule has 0 aliphatic heterocycles. The molecule has 20 heavy (non-hydrogen) atoms. The van der Waals surface area contributed by atoms with Gasteiger partial charge in [-0.2, -0.15) is 0 Å². The van der Waals surface area contributed by atoms with Crippen LogP contribution in [0.2, 0.25) is 0 Å². The Hall–Kier alpha value is -2.18. The van der Waals surface area contributed by atoms with Crippen molar-refractivity contribution in [3.8, 4) is 0 Å². The molecule has 0 aliphatic carbocycles. The maximum atomic E-state index is 13.2. The van der Waals surface area contributed by atoms with Crippen molar-refractivity contribution in [2.75, 3.05) is 0 Å². The summed E-state index contributed by atoms with van der Waals surface area (Å²) in [6.07, 6.45) is 1.68. The molecule has 0 atom stereocenters. The Morgan fingerprint density at radius 1 is 1.15 bits per heavy atom. The number of halogens is 1. The number of hydrogen-bond donors (Lipinski definition) is 2.